The minimum atomic E-state index is -1.62. The summed E-state index contributed by atoms with van der Waals surface area (Å²) in [7, 11) is 5.47. The molecule has 2 unspecified atom stereocenters. The van der Waals surface area contributed by atoms with Gasteiger partial charge in [0.2, 0.25) is 35.4 Å². The van der Waals surface area contributed by atoms with E-state index in [1.54, 1.807) is 57.2 Å². The highest BCUT2D eigenvalue weighted by molar-refractivity contribution is 5.99. The second-order valence-electron chi connectivity index (χ2n) is 17.0. The number of cyclic esters (lactones) is 2. The van der Waals surface area contributed by atoms with E-state index in [0.717, 1.165) is 14.7 Å². The zero-order valence-electron chi connectivity index (χ0n) is 39.3. The summed E-state index contributed by atoms with van der Waals surface area (Å²) in [6, 6.07) is -3.87. The van der Waals surface area contributed by atoms with Crippen LogP contribution in [0.3, 0.4) is 0 Å². The van der Waals surface area contributed by atoms with Crippen molar-refractivity contribution < 1.29 is 52.6 Å². The second-order valence-corrected chi connectivity index (χ2v) is 17.0. The summed E-state index contributed by atoms with van der Waals surface area (Å²) in [4.78, 5) is 140. The molecule has 2 aliphatic heterocycles. The molecule has 7 amide bonds. The van der Waals surface area contributed by atoms with Gasteiger partial charge >= 0.3 is 11.9 Å². The summed E-state index contributed by atoms with van der Waals surface area (Å²) in [6.07, 6.45) is 4.81. The van der Waals surface area contributed by atoms with Gasteiger partial charge in [-0.15, -0.1) is 0 Å². The molecule has 1 aromatic heterocycles. The van der Waals surface area contributed by atoms with Crippen LogP contribution in [0.4, 0.5) is 0 Å². The van der Waals surface area contributed by atoms with Crippen LogP contribution in [0.25, 0.3) is 11.0 Å². The molecule has 2 aromatic rings. The topological polar surface area (TPSA) is 273 Å². The monoisotopic (exact) mass is 920 g/mol. The first-order valence-corrected chi connectivity index (χ1v) is 22.1. The van der Waals surface area contributed by atoms with E-state index in [2.05, 4.69) is 25.9 Å². The van der Waals surface area contributed by atoms with Crippen molar-refractivity contribution in [1.29, 1.82) is 0 Å². The Bertz CT molecular complexity index is 2190. The quantitative estimate of drug-likeness (QED) is 0.218. The number of amides is 7. The lowest BCUT2D eigenvalue weighted by molar-refractivity contribution is -0.161. The van der Waals surface area contributed by atoms with Crippen molar-refractivity contribution in [2.45, 2.75) is 116 Å². The number of nitrogens with two attached hydrogens (primary N) is 1. The van der Waals surface area contributed by atoms with Crippen LogP contribution in [-0.2, 0) is 47.8 Å². The predicted molar refractivity (Wildman–Crippen MR) is 239 cm³/mol. The Labute approximate surface area is 384 Å². The fraction of sp³-hybridized carbons (Fsp3) is 0.578. The third-order valence-corrected chi connectivity index (χ3v) is 12.4. The van der Waals surface area contributed by atoms with Gasteiger partial charge in [-0.05, 0) is 50.7 Å². The molecule has 0 radical (unpaired) electrons. The van der Waals surface area contributed by atoms with E-state index in [9.17, 15) is 43.2 Å². The summed E-state index contributed by atoms with van der Waals surface area (Å²) in [5.41, 5.74) is 6.85. The van der Waals surface area contributed by atoms with Gasteiger partial charge in [-0.2, -0.15) is 0 Å². The van der Waals surface area contributed by atoms with E-state index in [-0.39, 0.29) is 18.5 Å². The summed E-state index contributed by atoms with van der Waals surface area (Å²) < 4.78 is 11.2. The van der Waals surface area contributed by atoms with Gasteiger partial charge in [-0.25, -0.2) is 14.6 Å². The number of fused-ring (bicyclic) bond motifs is 5. The van der Waals surface area contributed by atoms with Crippen molar-refractivity contribution in [3.05, 3.63) is 48.3 Å². The number of carbonyl (C=O) groups is 9. The van der Waals surface area contributed by atoms with E-state index < -0.39 is 127 Å². The lowest BCUT2D eigenvalue weighted by atomic mass is 9.96. The third-order valence-electron chi connectivity index (χ3n) is 12.4. The number of nitrogens with one attached hydrogen (secondary N) is 3. The maximum Gasteiger partial charge on any atom is 0.329 e. The number of benzene rings is 1. The number of rotatable bonds is 6. The minimum Gasteiger partial charge on any atom is -0.462 e. The van der Waals surface area contributed by atoms with Gasteiger partial charge < -0.3 is 50.8 Å². The van der Waals surface area contributed by atoms with Crippen molar-refractivity contribution in [2.24, 2.45) is 17.6 Å². The maximum atomic E-state index is 14.7. The summed E-state index contributed by atoms with van der Waals surface area (Å²) in [5, 5.41) is 7.63. The molecule has 2 aliphatic rings. The van der Waals surface area contributed by atoms with Gasteiger partial charge in [-0.3, -0.25) is 38.5 Å². The molecule has 1 aromatic carbocycles. The van der Waals surface area contributed by atoms with E-state index >= 15 is 0 Å². The van der Waals surface area contributed by atoms with E-state index in [4.69, 9.17) is 15.2 Å². The predicted octanol–water partition coefficient (Wildman–Crippen LogP) is -0.0849. The Hall–Kier alpha value is -6.51. The number of ether oxygens (including phenoxy) is 2. The molecule has 66 heavy (non-hydrogen) atoms. The first-order chi connectivity index (χ1) is 31.1. The van der Waals surface area contributed by atoms with Gasteiger partial charge in [-0.1, -0.05) is 64.8 Å². The molecule has 0 aliphatic carbocycles. The summed E-state index contributed by atoms with van der Waals surface area (Å²) in [5.74, 6) is -8.26. The Morgan fingerprint density at radius 1 is 0.712 bits per heavy atom. The van der Waals surface area contributed by atoms with Gasteiger partial charge in [0.25, 0.3) is 5.91 Å². The van der Waals surface area contributed by atoms with Gasteiger partial charge in [0.1, 0.15) is 67.2 Å². The van der Waals surface area contributed by atoms with Crippen molar-refractivity contribution in [3.8, 4) is 0 Å². The van der Waals surface area contributed by atoms with Crippen LogP contribution in [-0.4, -0.2) is 173 Å². The number of hydrogen-bond donors (Lipinski definition) is 4. The smallest absolute Gasteiger partial charge is 0.329 e. The molecule has 4 rings (SSSR count). The Balaban J connectivity index is 1.87. The van der Waals surface area contributed by atoms with Gasteiger partial charge in [0, 0.05) is 28.2 Å². The fourth-order valence-electron chi connectivity index (χ4n) is 7.78. The molecular formula is C45H64N10O11. The Morgan fingerprint density at radius 3 is 1.65 bits per heavy atom. The van der Waals surface area contributed by atoms with Gasteiger partial charge in [0.15, 0.2) is 0 Å². The molecule has 10 atom stereocenters. The summed E-state index contributed by atoms with van der Waals surface area (Å²) >= 11 is 0. The molecule has 2 bridgehead atoms. The lowest BCUT2D eigenvalue weighted by Gasteiger charge is -2.37. The Kier molecular flexibility index (Phi) is 18.2. The molecule has 5 N–H and O–H groups in total. The van der Waals surface area contributed by atoms with Crippen LogP contribution in [0.1, 0.15) is 77.7 Å². The van der Waals surface area contributed by atoms with Crippen molar-refractivity contribution in [2.75, 3.05) is 41.4 Å². The number of aromatic nitrogens is 2. The third kappa shape index (κ3) is 12.2. The lowest BCUT2D eigenvalue weighted by Crippen LogP contribution is -2.60. The van der Waals surface area contributed by atoms with Crippen LogP contribution in [0.5, 0.6) is 0 Å². The van der Waals surface area contributed by atoms with E-state index in [1.165, 1.54) is 53.1 Å². The number of nitrogens with zero attached hydrogens (tertiary/aromatic N) is 6. The van der Waals surface area contributed by atoms with Crippen LogP contribution < -0.4 is 21.7 Å². The first kappa shape index (κ1) is 52.1. The molecule has 0 spiro atoms. The van der Waals surface area contributed by atoms with Crippen LogP contribution in [0, 0.1) is 11.8 Å². The van der Waals surface area contributed by atoms with Crippen LogP contribution >= 0.6 is 0 Å². The standard InChI is InChI=1S/C45H64N10O11/c1-11-24(3)35-44(63)65-22-28(46)37(56)48-26(5)40(59)52(7)33-19-15-16-20-34(42(61)54(35)9)53(8)41(60)27(6)49-39(58)32(23-66-45(64)36(25(4)12-2)55(10)43(33)62)51-38(57)31-21-47-29-17-13-14-18-30(29)50-31/h13-18,21,24-28,32-36H,11-12,19-20,22-23,46H2,1-10H3,(H,48,56)(H,49,58)(H,51,57)/b16-15-/t24?,25?,26-,27-,28+,32+,33-,34-,35-,36-/m0/s1. The number of para-hydroxylation sites is 2. The average molecular weight is 921 g/mol. The molecule has 21 nitrogen and oxygen atoms in total. The highest BCUT2D eigenvalue weighted by Crippen LogP contribution is 2.22. The zero-order valence-corrected chi connectivity index (χ0v) is 39.3. The van der Waals surface area contributed by atoms with E-state index in [1.807, 2.05) is 6.92 Å². The number of likely N-dealkylation sites (N-methyl/N-ethyl adjacent to an activating group) is 4. The largest absolute Gasteiger partial charge is 0.462 e. The number of carbonyl (C=O) groups excluding carboxylic acids is 9. The maximum absolute atomic E-state index is 14.7. The normalized spacial score (nSPS) is 27.9. The number of hydrogen-bond acceptors (Lipinski definition) is 14. The fourth-order valence-corrected chi connectivity index (χ4v) is 7.78. The van der Waals surface area contributed by atoms with Gasteiger partial charge in [0.05, 0.1) is 17.2 Å². The van der Waals surface area contributed by atoms with Crippen molar-refractivity contribution >= 4 is 64.3 Å². The molecule has 21 heteroatoms. The minimum absolute atomic E-state index is 0.150. The molecule has 360 valence electrons. The first-order valence-electron chi connectivity index (χ1n) is 22.1. The highest BCUT2D eigenvalue weighted by Gasteiger charge is 2.42. The van der Waals surface area contributed by atoms with Crippen molar-refractivity contribution in [3.63, 3.8) is 0 Å². The van der Waals surface area contributed by atoms with Crippen LogP contribution in [0.2, 0.25) is 0 Å². The molecule has 0 saturated heterocycles. The molecule has 0 fully saturated rings. The summed E-state index contributed by atoms with van der Waals surface area (Å²) in [6.45, 7) is 8.45. The molecule has 0 saturated carbocycles. The highest BCUT2D eigenvalue weighted by atomic mass is 16.5. The van der Waals surface area contributed by atoms with E-state index in [0.29, 0.717) is 23.9 Å². The molecule has 3 heterocycles. The number of esters is 2. The average Bonchev–Trinajstić information content (AvgIpc) is 3.30. The molecular weight excluding hydrogens is 857 g/mol. The Morgan fingerprint density at radius 2 is 1.17 bits per heavy atom. The zero-order chi connectivity index (χ0) is 49.2. The second kappa shape index (κ2) is 23.1. The SMILES string of the molecule is CCC(C)[C@H]1C(=O)OC[C@@H](NC(=O)c2cnc3ccccc3n2)C(=O)N[C@@H](C)C(=O)N(C)[C@H]2C/C=C\C[C@@H](C(=O)N1C)N(C)C(=O)[C@H](C)NC(=O)[C@H](N)COC(=O)[C@H](C(C)CC)N(C)C2=O. The van der Waals surface area contributed by atoms with Crippen molar-refractivity contribution in [1.82, 2.24) is 45.5 Å². The van der Waals surface area contributed by atoms with Crippen LogP contribution in [0.15, 0.2) is 42.6 Å².